The van der Waals surface area contributed by atoms with Crippen LogP contribution >= 0.6 is 0 Å². The molecule has 0 aromatic heterocycles. The molecule has 0 N–H and O–H groups in total. The van der Waals surface area contributed by atoms with Gasteiger partial charge in [0.15, 0.2) is 0 Å². The van der Waals surface area contributed by atoms with E-state index in [-0.39, 0.29) is 31.9 Å². The molecule has 18 heavy (non-hydrogen) atoms. The van der Waals surface area contributed by atoms with Gasteiger partial charge in [-0.05, 0) is 0 Å². The first-order valence-electron chi connectivity index (χ1n) is 5.48. The summed E-state index contributed by atoms with van der Waals surface area (Å²) < 4.78 is 15.8. The van der Waals surface area contributed by atoms with Crippen LogP contribution in [0.1, 0.15) is 6.92 Å². The number of azide groups is 1. The van der Waals surface area contributed by atoms with Crippen molar-refractivity contribution in [2.24, 2.45) is 5.11 Å². The molecule has 0 saturated carbocycles. The standard InChI is InChI=1S/C10H17N3O4Se/c1-6(14)17-9-7(12-13-11)5-18-8(4-15-2)10(9)16-3/h7-10H,4-5H2,1-3H3/t7-,8-,9+,10+/m1/s1. The van der Waals surface area contributed by atoms with Gasteiger partial charge in [-0.25, -0.2) is 0 Å². The second-order valence-electron chi connectivity index (χ2n) is 3.87. The Kier molecular flexibility index (Phi) is 6.46. The summed E-state index contributed by atoms with van der Waals surface area (Å²) in [4.78, 5) is 14.2. The molecule has 1 aliphatic heterocycles. The average Bonchev–Trinajstić information content (AvgIpc) is 2.32. The molecule has 0 amide bonds. The fourth-order valence-corrected chi connectivity index (χ4v) is 4.85. The van der Waals surface area contributed by atoms with Crippen LogP contribution in [-0.4, -0.2) is 60.0 Å². The van der Waals surface area contributed by atoms with Gasteiger partial charge in [0.05, 0.1) is 0 Å². The first-order chi connectivity index (χ1) is 8.63. The molecular formula is C10H17N3O4Se. The zero-order chi connectivity index (χ0) is 13.5. The summed E-state index contributed by atoms with van der Waals surface area (Å²) >= 11 is 0.228. The van der Waals surface area contributed by atoms with Crippen LogP contribution in [0.5, 0.6) is 0 Å². The normalized spacial score (nSPS) is 31.5. The van der Waals surface area contributed by atoms with Crippen LogP contribution in [0, 0.1) is 0 Å². The topological polar surface area (TPSA) is 93.5 Å². The van der Waals surface area contributed by atoms with Crippen molar-refractivity contribution in [3.63, 3.8) is 0 Å². The van der Waals surface area contributed by atoms with Gasteiger partial charge in [-0.15, -0.1) is 0 Å². The Morgan fingerprint density at radius 2 is 2.22 bits per heavy atom. The number of hydrogen-bond donors (Lipinski definition) is 0. The quantitative estimate of drug-likeness (QED) is 0.250. The summed E-state index contributed by atoms with van der Waals surface area (Å²) in [5.74, 6) is -0.397. The molecule has 0 radical (unpaired) electrons. The molecule has 0 unspecified atom stereocenters. The summed E-state index contributed by atoms with van der Waals surface area (Å²) in [6.07, 6.45) is -0.808. The van der Waals surface area contributed by atoms with Gasteiger partial charge in [-0.1, -0.05) is 0 Å². The van der Waals surface area contributed by atoms with Crippen molar-refractivity contribution < 1.29 is 19.0 Å². The zero-order valence-corrected chi connectivity index (χ0v) is 12.3. The molecule has 4 atom stereocenters. The average molecular weight is 322 g/mol. The Labute approximate surface area is 112 Å². The maximum atomic E-state index is 11.1. The second kappa shape index (κ2) is 7.61. The van der Waals surface area contributed by atoms with Gasteiger partial charge in [-0.2, -0.15) is 0 Å². The minimum atomic E-state index is -0.529. The summed E-state index contributed by atoms with van der Waals surface area (Å²) in [5, 5.41) is 4.43. The van der Waals surface area contributed by atoms with Gasteiger partial charge in [0.25, 0.3) is 0 Å². The molecule has 1 rings (SSSR count). The Morgan fingerprint density at radius 3 is 2.72 bits per heavy atom. The van der Waals surface area contributed by atoms with E-state index in [9.17, 15) is 4.79 Å². The molecule has 7 nitrogen and oxygen atoms in total. The van der Waals surface area contributed by atoms with E-state index in [0.29, 0.717) is 6.61 Å². The number of nitrogens with zero attached hydrogens (tertiary/aromatic N) is 3. The van der Waals surface area contributed by atoms with Crippen LogP contribution in [0.4, 0.5) is 0 Å². The van der Waals surface area contributed by atoms with Gasteiger partial charge in [0.1, 0.15) is 0 Å². The monoisotopic (exact) mass is 323 g/mol. The fraction of sp³-hybridized carbons (Fsp3) is 0.900. The molecule has 1 aliphatic rings. The van der Waals surface area contributed by atoms with Gasteiger partial charge in [0, 0.05) is 0 Å². The number of methoxy groups -OCH3 is 2. The Hall–Kier alpha value is -0.781. The Bertz CT molecular complexity index is 335. The van der Waals surface area contributed by atoms with Gasteiger partial charge >= 0.3 is 112 Å². The van der Waals surface area contributed by atoms with Crippen LogP contribution in [0.2, 0.25) is 10.1 Å². The third-order valence-corrected chi connectivity index (χ3v) is 5.52. The van der Waals surface area contributed by atoms with E-state index >= 15 is 0 Å². The van der Waals surface area contributed by atoms with Crippen molar-refractivity contribution >= 4 is 20.9 Å². The molecule has 1 heterocycles. The predicted octanol–water partition coefficient (Wildman–Crippen LogP) is 1.18. The maximum absolute atomic E-state index is 11.1. The molecule has 1 fully saturated rings. The van der Waals surface area contributed by atoms with Crippen LogP contribution in [0.3, 0.4) is 0 Å². The fourth-order valence-electron chi connectivity index (χ4n) is 1.94. The molecule has 0 aromatic rings. The molecule has 0 bridgehead atoms. The van der Waals surface area contributed by atoms with E-state index in [1.807, 2.05) is 0 Å². The Balaban J connectivity index is 2.87. The van der Waals surface area contributed by atoms with Crippen LogP contribution in [0.15, 0.2) is 5.11 Å². The van der Waals surface area contributed by atoms with E-state index in [1.54, 1.807) is 14.2 Å². The molecule has 0 aliphatic carbocycles. The Morgan fingerprint density at radius 1 is 1.50 bits per heavy atom. The number of esters is 1. The second-order valence-corrected chi connectivity index (χ2v) is 6.54. The molecular weight excluding hydrogens is 305 g/mol. The number of rotatable bonds is 5. The third kappa shape index (κ3) is 3.86. The van der Waals surface area contributed by atoms with Crippen molar-refractivity contribution in [1.29, 1.82) is 0 Å². The van der Waals surface area contributed by atoms with Gasteiger partial charge in [-0.3, -0.25) is 0 Å². The van der Waals surface area contributed by atoms with E-state index in [0.717, 1.165) is 5.32 Å². The summed E-state index contributed by atoms with van der Waals surface area (Å²) in [6.45, 7) is 1.89. The molecule has 102 valence electrons. The summed E-state index contributed by atoms with van der Waals surface area (Å²) in [7, 11) is 3.20. The number of ether oxygens (including phenoxy) is 3. The molecule has 0 spiro atoms. The number of hydrogen-bond acceptors (Lipinski definition) is 5. The van der Waals surface area contributed by atoms with Gasteiger partial charge in [0.2, 0.25) is 0 Å². The molecule has 8 heteroatoms. The van der Waals surface area contributed by atoms with E-state index in [4.69, 9.17) is 19.7 Å². The SMILES string of the molecule is COC[C@H]1[Se]C[C@@H](N=[N+]=[N-])[C@H](OC(C)=O)[C@H]1OC. The van der Waals surface area contributed by atoms with Crippen molar-refractivity contribution in [1.82, 2.24) is 0 Å². The third-order valence-electron chi connectivity index (χ3n) is 2.66. The predicted molar refractivity (Wildman–Crippen MR) is 65.5 cm³/mol. The van der Waals surface area contributed by atoms with Crippen molar-refractivity contribution in [2.75, 3.05) is 20.8 Å². The van der Waals surface area contributed by atoms with E-state index in [1.165, 1.54) is 6.92 Å². The van der Waals surface area contributed by atoms with Crippen molar-refractivity contribution in [2.45, 2.75) is 35.3 Å². The van der Waals surface area contributed by atoms with Gasteiger partial charge < -0.3 is 0 Å². The zero-order valence-electron chi connectivity index (χ0n) is 10.6. The molecule has 1 saturated heterocycles. The van der Waals surface area contributed by atoms with E-state index in [2.05, 4.69) is 10.0 Å². The van der Waals surface area contributed by atoms with E-state index < -0.39 is 12.1 Å². The van der Waals surface area contributed by atoms with Crippen molar-refractivity contribution in [3.05, 3.63) is 10.4 Å². The number of carbonyl (C=O) groups is 1. The number of carbonyl (C=O) groups excluding carboxylic acids is 1. The molecule has 0 aromatic carbocycles. The minimum absolute atomic E-state index is 0.196. The van der Waals surface area contributed by atoms with Crippen LogP contribution < -0.4 is 0 Å². The first kappa shape index (κ1) is 15.3. The van der Waals surface area contributed by atoms with Crippen molar-refractivity contribution in [3.8, 4) is 0 Å². The summed E-state index contributed by atoms with van der Waals surface area (Å²) in [5.41, 5.74) is 8.56. The van der Waals surface area contributed by atoms with Crippen LogP contribution in [-0.2, 0) is 19.0 Å². The van der Waals surface area contributed by atoms with Crippen LogP contribution in [0.25, 0.3) is 10.4 Å². The summed E-state index contributed by atoms with van der Waals surface area (Å²) in [6, 6.07) is -0.350. The first-order valence-corrected chi connectivity index (χ1v) is 7.68.